The summed E-state index contributed by atoms with van der Waals surface area (Å²) in [6.07, 6.45) is -1.65. The Morgan fingerprint density at radius 2 is 1.65 bits per heavy atom. The number of hydrogen-bond acceptors (Lipinski definition) is 5. The van der Waals surface area contributed by atoms with Crippen LogP contribution in [0.15, 0.2) is 0 Å². The molecule has 37 heavy (non-hydrogen) atoms. The van der Waals surface area contributed by atoms with Gasteiger partial charge in [0.1, 0.15) is 18.1 Å². The molecule has 1 unspecified atom stereocenters. The molecule has 4 amide bonds. The first-order valence-electron chi connectivity index (χ1n) is 12.6. The molecule has 0 aromatic rings. The van der Waals surface area contributed by atoms with Crippen molar-refractivity contribution in [2.45, 2.75) is 103 Å². The molecule has 2 saturated carbocycles. The quantitative estimate of drug-likeness (QED) is 0.363. The van der Waals surface area contributed by atoms with Crippen LogP contribution in [0.5, 0.6) is 0 Å². The molecule has 1 aliphatic heterocycles. The summed E-state index contributed by atoms with van der Waals surface area (Å²) in [6, 6.07) is -1.67. The van der Waals surface area contributed by atoms with Gasteiger partial charge in [0.05, 0.1) is 6.07 Å². The Bertz CT molecular complexity index is 994. The lowest BCUT2D eigenvalue weighted by Crippen LogP contribution is -2.60. The van der Waals surface area contributed by atoms with Crippen LogP contribution in [0.4, 0.5) is 13.2 Å². The van der Waals surface area contributed by atoms with Gasteiger partial charge in [-0.2, -0.15) is 18.4 Å². The van der Waals surface area contributed by atoms with Crippen LogP contribution in [0, 0.1) is 34.0 Å². The van der Waals surface area contributed by atoms with Crippen LogP contribution in [0.25, 0.3) is 0 Å². The molecule has 2 aliphatic carbocycles. The first-order chi connectivity index (χ1) is 16.9. The fraction of sp³-hybridized carbons (Fsp3) is 0.800. The highest BCUT2D eigenvalue weighted by Gasteiger charge is 2.53. The SMILES string of the molecule is CC1(C)CC1C[C@H](NC(=O)[C@@H](NC(=O)C(F)(F)F)C(C)(C)C)C(=O)N[C@H](C#N)C[C@@H]1CC2(CC2)NC1=O. The number of nitrogens with one attached hydrogen (secondary N) is 4. The lowest BCUT2D eigenvalue weighted by molar-refractivity contribution is -0.175. The summed E-state index contributed by atoms with van der Waals surface area (Å²) in [4.78, 5) is 50.2. The third-order valence-electron chi connectivity index (χ3n) is 7.77. The van der Waals surface area contributed by atoms with E-state index >= 15 is 0 Å². The summed E-state index contributed by atoms with van der Waals surface area (Å²) in [5.41, 5.74) is -1.33. The van der Waals surface area contributed by atoms with Crippen LogP contribution in [0.1, 0.15) is 73.1 Å². The van der Waals surface area contributed by atoms with Gasteiger partial charge in [0.2, 0.25) is 17.7 Å². The van der Waals surface area contributed by atoms with E-state index in [9.17, 15) is 37.6 Å². The van der Waals surface area contributed by atoms with Gasteiger partial charge in [-0.3, -0.25) is 19.2 Å². The number of rotatable bonds is 9. The Morgan fingerprint density at radius 1 is 1.05 bits per heavy atom. The van der Waals surface area contributed by atoms with E-state index in [0.29, 0.717) is 6.42 Å². The Balaban J connectivity index is 1.71. The number of carbonyl (C=O) groups is 4. The van der Waals surface area contributed by atoms with Crippen molar-refractivity contribution >= 4 is 23.6 Å². The van der Waals surface area contributed by atoms with Gasteiger partial charge in [-0.25, -0.2) is 0 Å². The van der Waals surface area contributed by atoms with E-state index in [2.05, 4.69) is 16.0 Å². The fourth-order valence-electron chi connectivity index (χ4n) is 4.99. The maximum Gasteiger partial charge on any atom is 0.471 e. The number of amides is 4. The molecule has 3 fully saturated rings. The van der Waals surface area contributed by atoms with Crippen LogP contribution in [0.2, 0.25) is 0 Å². The molecule has 206 valence electrons. The molecule has 3 rings (SSSR count). The van der Waals surface area contributed by atoms with Crippen molar-refractivity contribution in [2.75, 3.05) is 0 Å². The molecule has 0 aromatic heterocycles. The third kappa shape index (κ3) is 7.14. The van der Waals surface area contributed by atoms with Gasteiger partial charge in [0.25, 0.3) is 0 Å². The summed E-state index contributed by atoms with van der Waals surface area (Å²) in [7, 11) is 0. The number of halogens is 3. The van der Waals surface area contributed by atoms with Crippen LogP contribution < -0.4 is 21.3 Å². The topological polar surface area (TPSA) is 140 Å². The van der Waals surface area contributed by atoms with E-state index in [0.717, 1.165) is 19.3 Å². The average Bonchev–Trinajstić information content (AvgIpc) is 3.61. The number of alkyl halides is 3. The van der Waals surface area contributed by atoms with E-state index in [4.69, 9.17) is 0 Å². The minimum Gasteiger partial charge on any atom is -0.350 e. The molecule has 0 bridgehead atoms. The minimum atomic E-state index is -5.18. The molecule has 1 heterocycles. The fourth-order valence-corrected chi connectivity index (χ4v) is 4.99. The Labute approximate surface area is 214 Å². The summed E-state index contributed by atoms with van der Waals surface area (Å²) in [6.45, 7) is 8.49. The summed E-state index contributed by atoms with van der Waals surface area (Å²) >= 11 is 0. The molecular weight excluding hydrogens is 491 g/mol. The highest BCUT2D eigenvalue weighted by molar-refractivity contribution is 5.93. The van der Waals surface area contributed by atoms with Crippen molar-refractivity contribution in [2.24, 2.45) is 22.7 Å². The molecule has 4 N–H and O–H groups in total. The van der Waals surface area contributed by atoms with Gasteiger partial charge in [-0.05, 0) is 55.3 Å². The molecule has 9 nitrogen and oxygen atoms in total. The van der Waals surface area contributed by atoms with E-state index in [1.54, 1.807) is 5.32 Å². The number of nitrogens with zero attached hydrogens (tertiary/aromatic N) is 1. The van der Waals surface area contributed by atoms with Crippen molar-refractivity contribution in [1.82, 2.24) is 21.3 Å². The highest BCUT2D eigenvalue weighted by atomic mass is 19.4. The number of carbonyl (C=O) groups excluding carboxylic acids is 4. The van der Waals surface area contributed by atoms with Crippen LogP contribution in [-0.2, 0) is 19.2 Å². The van der Waals surface area contributed by atoms with E-state index < -0.39 is 53.4 Å². The van der Waals surface area contributed by atoms with Gasteiger partial charge < -0.3 is 21.3 Å². The Kier molecular flexibility index (Phi) is 7.61. The lowest BCUT2D eigenvalue weighted by atomic mass is 9.85. The van der Waals surface area contributed by atoms with Gasteiger partial charge in [0, 0.05) is 11.5 Å². The predicted octanol–water partition coefficient (Wildman–Crippen LogP) is 2.07. The van der Waals surface area contributed by atoms with Crippen molar-refractivity contribution < 1.29 is 32.3 Å². The normalized spacial score (nSPS) is 25.8. The summed E-state index contributed by atoms with van der Waals surface area (Å²) < 4.78 is 38.6. The molecule has 0 radical (unpaired) electrons. The van der Waals surface area contributed by atoms with Crippen LogP contribution >= 0.6 is 0 Å². The van der Waals surface area contributed by atoms with E-state index in [-0.39, 0.29) is 35.6 Å². The predicted molar refractivity (Wildman–Crippen MR) is 126 cm³/mol. The molecule has 0 aromatic carbocycles. The van der Waals surface area contributed by atoms with Crippen molar-refractivity contribution in [3.05, 3.63) is 0 Å². The third-order valence-corrected chi connectivity index (χ3v) is 7.77. The Morgan fingerprint density at radius 3 is 2.08 bits per heavy atom. The molecular formula is C25H36F3N5O4. The number of nitriles is 1. The zero-order chi connectivity index (χ0) is 28.0. The second-order valence-corrected chi connectivity index (χ2v) is 12.6. The zero-order valence-electron chi connectivity index (χ0n) is 21.8. The van der Waals surface area contributed by atoms with Gasteiger partial charge in [0.15, 0.2) is 0 Å². The van der Waals surface area contributed by atoms with E-state index in [1.807, 2.05) is 19.9 Å². The van der Waals surface area contributed by atoms with Gasteiger partial charge >= 0.3 is 12.1 Å². The maximum atomic E-state index is 13.2. The van der Waals surface area contributed by atoms with Gasteiger partial charge in [-0.1, -0.05) is 34.6 Å². The lowest BCUT2D eigenvalue weighted by Gasteiger charge is -2.32. The van der Waals surface area contributed by atoms with Crippen molar-refractivity contribution in [1.29, 1.82) is 5.26 Å². The highest BCUT2D eigenvalue weighted by Crippen LogP contribution is 2.54. The first-order valence-corrected chi connectivity index (χ1v) is 12.6. The maximum absolute atomic E-state index is 13.2. The van der Waals surface area contributed by atoms with Crippen molar-refractivity contribution in [3.63, 3.8) is 0 Å². The smallest absolute Gasteiger partial charge is 0.350 e. The largest absolute Gasteiger partial charge is 0.471 e. The first kappa shape index (κ1) is 28.7. The second-order valence-electron chi connectivity index (χ2n) is 12.6. The van der Waals surface area contributed by atoms with Crippen molar-refractivity contribution in [3.8, 4) is 6.07 Å². The average molecular weight is 528 g/mol. The molecule has 5 atom stereocenters. The van der Waals surface area contributed by atoms with Crippen LogP contribution in [0.3, 0.4) is 0 Å². The molecule has 1 saturated heterocycles. The summed E-state index contributed by atoms with van der Waals surface area (Å²) in [5, 5.41) is 19.5. The van der Waals surface area contributed by atoms with E-state index in [1.165, 1.54) is 20.8 Å². The van der Waals surface area contributed by atoms with Gasteiger partial charge in [-0.15, -0.1) is 0 Å². The number of hydrogen-bond donors (Lipinski definition) is 4. The zero-order valence-corrected chi connectivity index (χ0v) is 21.8. The molecule has 3 aliphatic rings. The molecule has 12 heteroatoms. The Hall–Kier alpha value is -2.84. The monoisotopic (exact) mass is 527 g/mol. The standard InChI is InChI=1S/C25H36F3N5O4/c1-22(2,3)17(32-21(37)25(26,27)28)20(36)31-16(9-14-11-23(14,4)5)19(35)30-15(12-29)8-13-10-24(6-7-24)33-18(13)34/h13-17H,6-11H2,1-5H3,(H,30,35)(H,31,36)(H,32,37)(H,33,34)/t13-,14?,15+,16+,17-/m1/s1. The summed E-state index contributed by atoms with van der Waals surface area (Å²) in [5.74, 6) is -4.31. The molecule has 1 spiro atoms. The minimum absolute atomic E-state index is 0.0632. The second kappa shape index (κ2) is 9.80. The van der Waals surface area contributed by atoms with Crippen LogP contribution in [-0.4, -0.2) is 53.5 Å².